The third-order valence-corrected chi connectivity index (χ3v) is 5.55. The summed E-state index contributed by atoms with van der Waals surface area (Å²) in [5.41, 5.74) is 3.84. The minimum atomic E-state index is -0.409. The Morgan fingerprint density at radius 2 is 2.10 bits per heavy atom. The zero-order chi connectivity index (χ0) is 20.5. The second-order valence-corrected chi connectivity index (χ2v) is 7.19. The predicted molar refractivity (Wildman–Crippen MR) is 107 cm³/mol. The molecule has 1 amide bonds. The van der Waals surface area contributed by atoms with Crippen LogP contribution in [0.2, 0.25) is 0 Å². The van der Waals surface area contributed by atoms with Crippen LogP contribution in [-0.4, -0.2) is 26.7 Å². The lowest BCUT2D eigenvalue weighted by molar-refractivity contribution is -0.116. The number of nitriles is 1. The van der Waals surface area contributed by atoms with Gasteiger partial charge >= 0.3 is 0 Å². The molecule has 0 spiro atoms. The minimum absolute atomic E-state index is 0.00900. The number of anilines is 1. The molecule has 0 bridgehead atoms. The van der Waals surface area contributed by atoms with Crippen molar-refractivity contribution in [1.29, 1.82) is 5.26 Å². The van der Waals surface area contributed by atoms with E-state index in [9.17, 15) is 14.4 Å². The van der Waals surface area contributed by atoms with Crippen molar-refractivity contribution in [2.24, 2.45) is 0 Å². The molecule has 0 N–H and O–H groups in total. The van der Waals surface area contributed by atoms with Gasteiger partial charge in [-0.2, -0.15) is 5.26 Å². The van der Waals surface area contributed by atoms with Crippen molar-refractivity contribution in [1.82, 2.24) is 15.0 Å². The minimum Gasteiger partial charge on any atom is -0.290 e. The maximum Gasteiger partial charge on any atom is 0.243 e. The molecule has 8 heteroatoms. The van der Waals surface area contributed by atoms with Crippen molar-refractivity contribution in [2.75, 3.05) is 10.8 Å². The summed E-state index contributed by atoms with van der Waals surface area (Å²) in [6.07, 6.45) is 6.73. The molecule has 3 aromatic rings. The Labute approximate surface area is 172 Å². The monoisotopic (exact) mass is 409 g/mol. The van der Waals surface area contributed by atoms with Crippen molar-refractivity contribution < 1.29 is 9.18 Å². The Morgan fingerprint density at radius 3 is 2.86 bits per heavy atom. The summed E-state index contributed by atoms with van der Waals surface area (Å²) in [6.45, 7) is 1.63. The molecule has 6 nitrogen and oxygen atoms in total. The first-order chi connectivity index (χ1) is 14.0. The zero-order valence-electron chi connectivity index (χ0n) is 15.7. The Kier molecular flexibility index (Phi) is 5.12. The van der Waals surface area contributed by atoms with E-state index in [0.29, 0.717) is 46.1 Å². The summed E-state index contributed by atoms with van der Waals surface area (Å²) < 4.78 is 14.9. The lowest BCUT2D eigenvalue weighted by Gasteiger charge is -2.24. The molecule has 0 atom stereocenters. The second-order valence-electron chi connectivity index (χ2n) is 6.92. The van der Waals surface area contributed by atoms with E-state index in [4.69, 9.17) is 11.6 Å². The van der Waals surface area contributed by atoms with Gasteiger partial charge in [-0.3, -0.25) is 19.7 Å². The summed E-state index contributed by atoms with van der Waals surface area (Å²) in [5, 5.41) is 9.78. The molecule has 2 heterocycles. The van der Waals surface area contributed by atoms with E-state index < -0.39 is 5.91 Å². The third kappa shape index (κ3) is 3.30. The molecule has 0 unspecified atom stereocenters. The Balaban J connectivity index is 1.83. The van der Waals surface area contributed by atoms with Crippen LogP contribution in [0.3, 0.4) is 0 Å². The number of carbonyl (C=O) groups excluding carboxylic acids is 1. The fourth-order valence-corrected chi connectivity index (χ4v) is 3.98. The average molecular weight is 410 g/mol. The van der Waals surface area contributed by atoms with Gasteiger partial charge in [0.25, 0.3) is 0 Å². The van der Waals surface area contributed by atoms with Gasteiger partial charge in [0, 0.05) is 6.20 Å². The number of nitrogens with zero attached hydrogens (tertiary/aromatic N) is 5. The first kappa shape index (κ1) is 19.2. The van der Waals surface area contributed by atoms with E-state index in [1.807, 2.05) is 0 Å². The van der Waals surface area contributed by atoms with E-state index in [2.05, 4.69) is 21.0 Å². The van der Waals surface area contributed by atoms with Gasteiger partial charge in [0.1, 0.15) is 17.2 Å². The lowest BCUT2D eigenvalue weighted by Crippen LogP contribution is -2.33. The van der Waals surface area contributed by atoms with Gasteiger partial charge in [0.05, 0.1) is 36.1 Å². The molecular weight excluding hydrogens is 393 g/mol. The van der Waals surface area contributed by atoms with Crippen LogP contribution in [0.25, 0.3) is 11.0 Å². The topological polar surface area (TPSA) is 82.8 Å². The van der Waals surface area contributed by atoms with Crippen LogP contribution in [0.4, 0.5) is 10.2 Å². The van der Waals surface area contributed by atoms with Crippen LogP contribution in [-0.2, 0) is 24.2 Å². The SMILES string of the molecule is Cc1c(F)c2c(c(C#N)c1CN(C(=O)CCl)c1cnc3ccncc3n1)CCC2. The molecule has 0 radical (unpaired) electrons. The highest BCUT2D eigenvalue weighted by molar-refractivity contribution is 6.29. The maximum absolute atomic E-state index is 14.9. The second kappa shape index (κ2) is 7.72. The van der Waals surface area contributed by atoms with Crippen molar-refractivity contribution in [3.63, 3.8) is 0 Å². The number of hydrogen-bond donors (Lipinski definition) is 0. The van der Waals surface area contributed by atoms with E-state index in [-0.39, 0.29) is 24.1 Å². The first-order valence-electron chi connectivity index (χ1n) is 9.21. The zero-order valence-corrected chi connectivity index (χ0v) is 16.5. The normalized spacial score (nSPS) is 12.6. The first-order valence-corrected chi connectivity index (χ1v) is 9.74. The number of fused-ring (bicyclic) bond motifs is 2. The van der Waals surface area contributed by atoms with Crippen LogP contribution in [0.5, 0.6) is 0 Å². The van der Waals surface area contributed by atoms with Crippen LogP contribution >= 0.6 is 11.6 Å². The average Bonchev–Trinajstić information content (AvgIpc) is 3.24. The van der Waals surface area contributed by atoms with Gasteiger partial charge in [-0.25, -0.2) is 9.37 Å². The molecule has 146 valence electrons. The number of aromatic nitrogens is 3. The summed E-state index contributed by atoms with van der Waals surface area (Å²) in [4.78, 5) is 26.8. The molecule has 2 aromatic heterocycles. The predicted octanol–water partition coefficient (Wildman–Crippen LogP) is 3.60. The Hall–Kier alpha value is -3.11. The molecule has 0 saturated heterocycles. The quantitative estimate of drug-likeness (QED) is 0.615. The van der Waals surface area contributed by atoms with Crippen LogP contribution in [0, 0.1) is 24.1 Å². The van der Waals surface area contributed by atoms with Gasteiger partial charge in [0.2, 0.25) is 5.91 Å². The van der Waals surface area contributed by atoms with Crippen LogP contribution in [0.1, 0.15) is 34.2 Å². The van der Waals surface area contributed by atoms with Crippen LogP contribution < -0.4 is 4.90 Å². The molecule has 1 aliphatic carbocycles. The molecule has 0 saturated carbocycles. The van der Waals surface area contributed by atoms with E-state index in [1.54, 1.807) is 25.4 Å². The molecule has 1 aliphatic rings. The fraction of sp³-hybridized carbons (Fsp3) is 0.286. The fourth-order valence-electron chi connectivity index (χ4n) is 3.83. The summed E-state index contributed by atoms with van der Waals surface area (Å²) in [6, 6.07) is 3.94. The molecular formula is C21H17ClFN5O. The Bertz CT molecular complexity index is 1170. The van der Waals surface area contributed by atoms with Gasteiger partial charge in [-0.1, -0.05) is 0 Å². The standard InChI is InChI=1S/C21H17ClFN5O/c1-12-16(15(8-24)13-3-2-4-14(13)21(12)23)11-28(20(29)7-22)19-10-26-17-5-6-25-9-18(17)27-19/h5-6,9-10H,2-4,7,11H2,1H3. The lowest BCUT2D eigenvalue weighted by atomic mass is 9.93. The molecule has 29 heavy (non-hydrogen) atoms. The van der Waals surface area contributed by atoms with Crippen molar-refractivity contribution in [3.05, 3.63) is 58.3 Å². The summed E-state index contributed by atoms with van der Waals surface area (Å²) in [7, 11) is 0. The number of amides is 1. The third-order valence-electron chi connectivity index (χ3n) is 5.32. The largest absolute Gasteiger partial charge is 0.290 e. The van der Waals surface area contributed by atoms with Crippen molar-refractivity contribution in [3.8, 4) is 6.07 Å². The molecule has 1 aromatic carbocycles. The number of benzene rings is 1. The highest BCUT2D eigenvalue weighted by Crippen LogP contribution is 2.34. The highest BCUT2D eigenvalue weighted by Gasteiger charge is 2.28. The number of halogens is 2. The molecule has 4 rings (SSSR count). The van der Waals surface area contributed by atoms with Gasteiger partial charge in [0.15, 0.2) is 5.82 Å². The smallest absolute Gasteiger partial charge is 0.243 e. The van der Waals surface area contributed by atoms with Crippen molar-refractivity contribution in [2.45, 2.75) is 32.7 Å². The van der Waals surface area contributed by atoms with Gasteiger partial charge < -0.3 is 0 Å². The number of alkyl halides is 1. The highest BCUT2D eigenvalue weighted by atomic mass is 35.5. The van der Waals surface area contributed by atoms with Crippen LogP contribution in [0.15, 0.2) is 24.7 Å². The number of hydrogen-bond acceptors (Lipinski definition) is 5. The number of pyridine rings is 1. The van der Waals surface area contributed by atoms with Gasteiger partial charge in [-0.05, 0) is 54.5 Å². The summed E-state index contributed by atoms with van der Waals surface area (Å²) in [5.74, 6) is -0.700. The van der Waals surface area contributed by atoms with E-state index >= 15 is 0 Å². The van der Waals surface area contributed by atoms with Crippen molar-refractivity contribution >= 4 is 34.4 Å². The van der Waals surface area contributed by atoms with E-state index in [0.717, 1.165) is 12.0 Å². The molecule has 0 aliphatic heterocycles. The van der Waals surface area contributed by atoms with E-state index in [1.165, 1.54) is 11.1 Å². The van der Waals surface area contributed by atoms with Gasteiger partial charge in [-0.15, -0.1) is 11.6 Å². The maximum atomic E-state index is 14.9. The summed E-state index contributed by atoms with van der Waals surface area (Å²) >= 11 is 5.83. The number of rotatable bonds is 4. The molecule has 0 fully saturated rings. The Morgan fingerprint density at radius 1 is 1.31 bits per heavy atom. The number of carbonyl (C=O) groups is 1.